The third-order valence-electron chi connectivity index (χ3n) is 6.98. The van der Waals surface area contributed by atoms with Gasteiger partial charge in [-0.1, -0.05) is 30.3 Å². The number of rotatable bonds is 8. The minimum absolute atomic E-state index is 0.0774. The van der Waals surface area contributed by atoms with Gasteiger partial charge in [0.25, 0.3) is 0 Å². The van der Waals surface area contributed by atoms with Gasteiger partial charge in [0.05, 0.1) is 7.11 Å². The average molecular weight is 401 g/mol. The number of carbonyl (C=O) groups is 2. The number of carbonyl (C=O) groups excluding carboxylic acids is 2. The van der Waals surface area contributed by atoms with Crippen LogP contribution in [0.4, 0.5) is 0 Å². The second-order valence-corrected chi connectivity index (χ2v) is 9.17. The van der Waals surface area contributed by atoms with Crippen LogP contribution in [-0.4, -0.2) is 59.4 Å². The van der Waals surface area contributed by atoms with E-state index in [0.29, 0.717) is 24.9 Å². The molecule has 1 aromatic rings. The van der Waals surface area contributed by atoms with Crippen LogP contribution in [0.15, 0.2) is 30.3 Å². The Bertz CT molecular complexity index is 710. The van der Waals surface area contributed by atoms with Gasteiger partial charge in [-0.25, -0.2) is 0 Å². The fraction of sp³-hybridized carbons (Fsp3) is 0.667. The molecule has 0 radical (unpaired) electrons. The zero-order valence-electron chi connectivity index (χ0n) is 18.6. The van der Waals surface area contributed by atoms with Crippen LogP contribution < -0.4 is 0 Å². The number of Topliss-reactive ketones (excluding diaryl/α,β-unsaturated/α-hetero) is 1. The third kappa shape index (κ3) is 4.13. The van der Waals surface area contributed by atoms with Crippen molar-refractivity contribution in [1.29, 1.82) is 0 Å². The summed E-state index contributed by atoms with van der Waals surface area (Å²) in [5, 5.41) is 0. The Morgan fingerprint density at radius 2 is 1.83 bits per heavy atom. The van der Waals surface area contributed by atoms with E-state index in [9.17, 15) is 9.59 Å². The van der Waals surface area contributed by atoms with E-state index in [1.54, 1.807) is 0 Å². The van der Waals surface area contributed by atoms with Crippen molar-refractivity contribution in [2.45, 2.75) is 84.1 Å². The van der Waals surface area contributed by atoms with Crippen molar-refractivity contribution in [3.63, 3.8) is 0 Å². The molecule has 3 rings (SSSR count). The molecule has 2 fully saturated rings. The number of methoxy groups -OCH3 is 1. The first kappa shape index (κ1) is 22.0. The molecule has 0 N–H and O–H groups in total. The van der Waals surface area contributed by atoms with Crippen molar-refractivity contribution in [1.82, 2.24) is 9.80 Å². The third-order valence-corrected chi connectivity index (χ3v) is 6.98. The topological polar surface area (TPSA) is 49.9 Å². The molecule has 3 unspecified atom stereocenters. The van der Waals surface area contributed by atoms with Crippen molar-refractivity contribution in [2.75, 3.05) is 13.7 Å². The molecule has 160 valence electrons. The highest BCUT2D eigenvalue weighted by molar-refractivity contribution is 6.05. The number of hydrogen-bond donors (Lipinski definition) is 0. The Balaban J connectivity index is 1.91. The maximum atomic E-state index is 13.4. The Hall–Kier alpha value is -1.72. The van der Waals surface area contributed by atoms with Gasteiger partial charge in [-0.05, 0) is 52.5 Å². The quantitative estimate of drug-likeness (QED) is 0.492. The Kier molecular flexibility index (Phi) is 6.79. The molecule has 0 spiro atoms. The summed E-state index contributed by atoms with van der Waals surface area (Å²) in [6, 6.07) is 11.2. The predicted molar refractivity (Wildman–Crippen MR) is 114 cm³/mol. The lowest BCUT2D eigenvalue weighted by molar-refractivity contribution is -0.168. The van der Waals surface area contributed by atoms with Gasteiger partial charge in [0, 0.05) is 43.7 Å². The molecule has 2 aliphatic heterocycles. The lowest BCUT2D eigenvalue weighted by atomic mass is 9.69. The van der Waals surface area contributed by atoms with Gasteiger partial charge in [-0.2, -0.15) is 0 Å². The van der Waals surface area contributed by atoms with E-state index in [-0.39, 0.29) is 23.8 Å². The molecule has 2 bridgehead atoms. The van der Waals surface area contributed by atoms with E-state index in [0.717, 1.165) is 25.9 Å². The maximum Gasteiger partial charge on any atom is 0.321 e. The van der Waals surface area contributed by atoms with E-state index in [1.807, 2.05) is 18.2 Å². The molecular weight excluding hydrogens is 364 g/mol. The van der Waals surface area contributed by atoms with Crippen LogP contribution in [0, 0.1) is 5.41 Å². The average Bonchev–Trinajstić information content (AvgIpc) is 2.99. The molecule has 2 saturated heterocycles. The van der Waals surface area contributed by atoms with E-state index in [2.05, 4.69) is 49.6 Å². The Morgan fingerprint density at radius 1 is 1.17 bits per heavy atom. The molecule has 2 heterocycles. The fourth-order valence-corrected chi connectivity index (χ4v) is 5.56. The van der Waals surface area contributed by atoms with E-state index in [4.69, 9.17) is 4.74 Å². The highest BCUT2D eigenvalue weighted by Gasteiger charge is 2.61. The van der Waals surface area contributed by atoms with E-state index in [1.165, 1.54) is 12.7 Å². The van der Waals surface area contributed by atoms with Crippen molar-refractivity contribution in [3.05, 3.63) is 35.9 Å². The Morgan fingerprint density at radius 3 is 2.41 bits per heavy atom. The highest BCUT2D eigenvalue weighted by atomic mass is 16.5. The van der Waals surface area contributed by atoms with Crippen LogP contribution in [0.5, 0.6) is 0 Å². The molecule has 3 atom stereocenters. The number of esters is 1. The number of nitrogens with zero attached hydrogens (tertiary/aromatic N) is 2. The predicted octanol–water partition coefficient (Wildman–Crippen LogP) is 3.66. The van der Waals surface area contributed by atoms with Crippen LogP contribution in [0.3, 0.4) is 0 Å². The van der Waals surface area contributed by atoms with Gasteiger partial charge >= 0.3 is 5.97 Å². The van der Waals surface area contributed by atoms with E-state index < -0.39 is 5.41 Å². The van der Waals surface area contributed by atoms with Gasteiger partial charge in [-0.15, -0.1) is 0 Å². The SMILES string of the molecule is COC(=O)C1(CCN(C(C)C)C(C)C)C(=O)CC2CCC1N2Cc1ccccc1. The maximum absolute atomic E-state index is 13.4. The van der Waals surface area contributed by atoms with Crippen LogP contribution in [0.2, 0.25) is 0 Å². The molecule has 29 heavy (non-hydrogen) atoms. The molecule has 0 aliphatic carbocycles. The molecule has 0 amide bonds. The van der Waals surface area contributed by atoms with Gasteiger partial charge in [0.2, 0.25) is 0 Å². The lowest BCUT2D eigenvalue weighted by Gasteiger charge is -2.46. The second-order valence-electron chi connectivity index (χ2n) is 9.17. The molecule has 1 aromatic carbocycles. The summed E-state index contributed by atoms with van der Waals surface area (Å²) in [5.41, 5.74) is 0.168. The summed E-state index contributed by atoms with van der Waals surface area (Å²) in [5.74, 6) is -0.271. The van der Waals surface area contributed by atoms with Crippen molar-refractivity contribution < 1.29 is 14.3 Å². The molecule has 5 nitrogen and oxygen atoms in total. The van der Waals surface area contributed by atoms with Crippen LogP contribution in [-0.2, 0) is 20.9 Å². The lowest BCUT2D eigenvalue weighted by Crippen LogP contribution is -2.61. The van der Waals surface area contributed by atoms with Gasteiger partial charge in [0.15, 0.2) is 5.78 Å². The standard InChI is InChI=1S/C24H36N2O3/c1-17(2)25(18(3)4)14-13-24(23(28)29-5)21-12-11-20(15-22(24)27)26(21)16-19-9-7-6-8-10-19/h6-10,17-18,20-21H,11-16H2,1-5H3. The second kappa shape index (κ2) is 8.97. The number of fused-ring (bicyclic) bond motifs is 2. The zero-order valence-corrected chi connectivity index (χ0v) is 18.6. The number of benzene rings is 1. The summed E-state index contributed by atoms with van der Waals surface area (Å²) >= 11 is 0. The minimum atomic E-state index is -1.06. The summed E-state index contributed by atoms with van der Waals surface area (Å²) in [6.07, 6.45) is 2.82. The normalized spacial score (nSPS) is 27.2. The smallest absolute Gasteiger partial charge is 0.321 e. The summed E-state index contributed by atoms with van der Waals surface area (Å²) in [6.45, 7) is 10.2. The highest BCUT2D eigenvalue weighted by Crippen LogP contribution is 2.48. The van der Waals surface area contributed by atoms with Crippen molar-refractivity contribution in [3.8, 4) is 0 Å². The number of hydrogen-bond acceptors (Lipinski definition) is 5. The van der Waals surface area contributed by atoms with Crippen LogP contribution >= 0.6 is 0 Å². The van der Waals surface area contributed by atoms with Crippen molar-refractivity contribution in [2.24, 2.45) is 5.41 Å². The molecular formula is C24H36N2O3. The molecule has 0 aromatic heterocycles. The van der Waals surface area contributed by atoms with Crippen LogP contribution in [0.25, 0.3) is 0 Å². The van der Waals surface area contributed by atoms with Crippen LogP contribution in [0.1, 0.15) is 58.9 Å². The summed E-state index contributed by atoms with van der Waals surface area (Å²) in [7, 11) is 1.42. The first-order valence-corrected chi connectivity index (χ1v) is 11.0. The summed E-state index contributed by atoms with van der Waals surface area (Å²) < 4.78 is 5.26. The van der Waals surface area contributed by atoms with E-state index >= 15 is 0 Å². The van der Waals surface area contributed by atoms with Gasteiger partial charge in [-0.3, -0.25) is 19.4 Å². The molecule has 0 saturated carbocycles. The first-order valence-electron chi connectivity index (χ1n) is 11.0. The molecule has 5 heteroatoms. The number of ether oxygens (including phenoxy) is 1. The number of piperidine rings is 1. The first-order chi connectivity index (χ1) is 13.8. The molecule has 2 aliphatic rings. The Labute approximate surface area is 175 Å². The summed E-state index contributed by atoms with van der Waals surface area (Å²) in [4.78, 5) is 31.3. The van der Waals surface area contributed by atoms with Gasteiger partial charge < -0.3 is 4.74 Å². The minimum Gasteiger partial charge on any atom is -0.468 e. The fourth-order valence-electron chi connectivity index (χ4n) is 5.56. The zero-order chi connectivity index (χ0) is 21.2. The largest absolute Gasteiger partial charge is 0.468 e. The monoisotopic (exact) mass is 400 g/mol. The van der Waals surface area contributed by atoms with Gasteiger partial charge in [0.1, 0.15) is 5.41 Å². The number of ketones is 1. The van der Waals surface area contributed by atoms with Crippen molar-refractivity contribution >= 4 is 11.8 Å².